The molecule has 2 aromatic carbocycles. The Bertz CT molecular complexity index is 1140. The Hall–Kier alpha value is -3.93. The molecule has 0 saturated carbocycles. The lowest BCUT2D eigenvalue weighted by Gasteiger charge is -2.14. The molecule has 2 aromatic heterocycles. The quantitative estimate of drug-likeness (QED) is 0.420. The summed E-state index contributed by atoms with van der Waals surface area (Å²) >= 11 is 0. The fourth-order valence-corrected chi connectivity index (χ4v) is 3.02. The van der Waals surface area contributed by atoms with E-state index in [9.17, 15) is 4.79 Å². The lowest BCUT2D eigenvalue weighted by molar-refractivity contribution is 0.0950. The Balaban J connectivity index is 1.83. The summed E-state index contributed by atoms with van der Waals surface area (Å²) in [6.45, 7) is 0. The van der Waals surface area contributed by atoms with E-state index in [1.165, 1.54) is 19.6 Å². The number of benzene rings is 2. The zero-order valence-corrected chi connectivity index (χ0v) is 15.1. The zero-order chi connectivity index (χ0) is 19.3. The van der Waals surface area contributed by atoms with Gasteiger partial charge in [-0.25, -0.2) is 10.4 Å². The summed E-state index contributed by atoms with van der Waals surface area (Å²) in [4.78, 5) is 17.4. The summed E-state index contributed by atoms with van der Waals surface area (Å²) in [5, 5.41) is 5.67. The Morgan fingerprint density at radius 1 is 1.04 bits per heavy atom. The summed E-state index contributed by atoms with van der Waals surface area (Å²) < 4.78 is 10.6. The van der Waals surface area contributed by atoms with Crippen LogP contribution in [0.3, 0.4) is 0 Å². The highest BCUT2D eigenvalue weighted by Gasteiger charge is 2.20. The molecule has 0 bridgehead atoms. The number of hydrazone groups is 1. The van der Waals surface area contributed by atoms with Gasteiger partial charge in [0.25, 0.3) is 5.91 Å². The molecule has 0 aliphatic heterocycles. The number of carbonyl (C=O) groups excluding carboxylic acids is 1. The number of fused-ring (bicyclic) bond motifs is 1. The smallest absolute Gasteiger partial charge is 0.290 e. The minimum atomic E-state index is -0.439. The molecule has 28 heavy (non-hydrogen) atoms. The molecule has 4 rings (SSSR count). The number of nitrogens with zero attached hydrogens (tertiary/aromatic N) is 2. The minimum absolute atomic E-state index is 0.235. The maximum absolute atomic E-state index is 12.9. The number of rotatable bonds is 5. The molecule has 1 amide bonds. The third-order valence-electron chi connectivity index (χ3n) is 4.25. The van der Waals surface area contributed by atoms with E-state index in [2.05, 4.69) is 15.5 Å². The van der Waals surface area contributed by atoms with Crippen molar-refractivity contribution in [2.45, 2.75) is 0 Å². The van der Waals surface area contributed by atoms with Crippen molar-refractivity contribution >= 4 is 22.9 Å². The predicted octanol–water partition coefficient (Wildman–Crippen LogP) is 4.27. The van der Waals surface area contributed by atoms with Gasteiger partial charge < -0.3 is 9.15 Å². The molecule has 6 nitrogen and oxygen atoms in total. The molecule has 0 aliphatic rings. The highest BCUT2D eigenvalue weighted by molar-refractivity contribution is 6.09. The Morgan fingerprint density at radius 2 is 1.79 bits per heavy atom. The van der Waals surface area contributed by atoms with Gasteiger partial charge in [-0.2, -0.15) is 5.10 Å². The first-order valence-electron chi connectivity index (χ1n) is 8.67. The number of hydrogen-bond acceptors (Lipinski definition) is 5. The largest absolute Gasteiger partial charge is 0.481 e. The van der Waals surface area contributed by atoms with Gasteiger partial charge in [0.1, 0.15) is 11.5 Å². The second kappa shape index (κ2) is 7.75. The SMILES string of the molecule is COc1nc(C(=O)N/N=C/c2ccco2)c(-c2ccccc2)c2ccccc12. The van der Waals surface area contributed by atoms with Crippen molar-refractivity contribution < 1.29 is 13.9 Å². The van der Waals surface area contributed by atoms with Gasteiger partial charge in [0.05, 0.1) is 19.6 Å². The van der Waals surface area contributed by atoms with Crippen LogP contribution < -0.4 is 10.2 Å². The Morgan fingerprint density at radius 3 is 2.50 bits per heavy atom. The monoisotopic (exact) mass is 371 g/mol. The number of amides is 1. The molecule has 0 radical (unpaired) electrons. The maximum atomic E-state index is 12.9. The summed E-state index contributed by atoms with van der Waals surface area (Å²) in [5.41, 5.74) is 4.36. The van der Waals surface area contributed by atoms with Crippen LogP contribution in [-0.4, -0.2) is 24.2 Å². The summed E-state index contributed by atoms with van der Waals surface area (Å²) in [5.74, 6) is 0.480. The van der Waals surface area contributed by atoms with E-state index >= 15 is 0 Å². The van der Waals surface area contributed by atoms with E-state index in [0.29, 0.717) is 11.6 Å². The van der Waals surface area contributed by atoms with Gasteiger partial charge >= 0.3 is 0 Å². The summed E-state index contributed by atoms with van der Waals surface area (Å²) in [6, 6.07) is 20.8. The van der Waals surface area contributed by atoms with E-state index < -0.39 is 5.91 Å². The van der Waals surface area contributed by atoms with Crippen LogP contribution in [0.15, 0.2) is 82.5 Å². The van der Waals surface area contributed by atoms with Gasteiger partial charge in [0.2, 0.25) is 5.88 Å². The highest BCUT2D eigenvalue weighted by atomic mass is 16.5. The third kappa shape index (κ3) is 3.35. The van der Waals surface area contributed by atoms with E-state index in [1.807, 2.05) is 54.6 Å². The second-order valence-corrected chi connectivity index (χ2v) is 5.97. The number of furan rings is 1. The molecular weight excluding hydrogens is 354 g/mol. The number of aromatic nitrogens is 1. The average molecular weight is 371 g/mol. The molecule has 0 saturated heterocycles. The molecule has 1 N–H and O–H groups in total. The molecule has 138 valence electrons. The van der Waals surface area contributed by atoms with Crippen LogP contribution in [0, 0.1) is 0 Å². The van der Waals surface area contributed by atoms with E-state index in [4.69, 9.17) is 9.15 Å². The van der Waals surface area contributed by atoms with Gasteiger partial charge in [-0.15, -0.1) is 0 Å². The standard InChI is InChI=1S/C22H17N3O3/c1-27-22-18-12-6-5-11-17(18)19(15-8-3-2-4-9-15)20(24-22)21(26)25-23-14-16-10-7-13-28-16/h2-14H,1H3,(H,25,26)/b23-14+. The van der Waals surface area contributed by atoms with E-state index in [-0.39, 0.29) is 5.69 Å². The number of methoxy groups -OCH3 is 1. The van der Waals surface area contributed by atoms with Crippen molar-refractivity contribution in [1.29, 1.82) is 0 Å². The van der Waals surface area contributed by atoms with Crippen LogP contribution in [-0.2, 0) is 0 Å². The van der Waals surface area contributed by atoms with Crippen LogP contribution >= 0.6 is 0 Å². The van der Waals surface area contributed by atoms with E-state index in [1.54, 1.807) is 12.1 Å². The molecule has 0 spiro atoms. The van der Waals surface area contributed by atoms with Crippen LogP contribution in [0.4, 0.5) is 0 Å². The fourth-order valence-electron chi connectivity index (χ4n) is 3.02. The van der Waals surface area contributed by atoms with Crippen molar-refractivity contribution in [2.24, 2.45) is 5.10 Å². The third-order valence-corrected chi connectivity index (χ3v) is 4.25. The Labute approximate surface area is 161 Å². The molecule has 6 heteroatoms. The molecule has 0 aliphatic carbocycles. The summed E-state index contributed by atoms with van der Waals surface area (Å²) in [7, 11) is 1.54. The first-order chi connectivity index (χ1) is 13.8. The number of ether oxygens (including phenoxy) is 1. The fraction of sp³-hybridized carbons (Fsp3) is 0.0455. The van der Waals surface area contributed by atoms with Crippen LogP contribution in [0.25, 0.3) is 21.9 Å². The van der Waals surface area contributed by atoms with Crippen LogP contribution in [0.2, 0.25) is 0 Å². The maximum Gasteiger partial charge on any atom is 0.290 e. The van der Waals surface area contributed by atoms with Gasteiger partial charge in [0.15, 0.2) is 0 Å². The number of pyridine rings is 1. The van der Waals surface area contributed by atoms with E-state index in [0.717, 1.165) is 21.9 Å². The predicted molar refractivity (Wildman–Crippen MR) is 107 cm³/mol. The van der Waals surface area contributed by atoms with Crippen molar-refractivity contribution in [3.05, 3.63) is 84.4 Å². The Kier molecular flexibility index (Phi) is 4.84. The van der Waals surface area contributed by atoms with Crippen molar-refractivity contribution in [3.63, 3.8) is 0 Å². The first kappa shape index (κ1) is 17.5. The zero-order valence-electron chi connectivity index (χ0n) is 15.1. The van der Waals surface area contributed by atoms with Gasteiger partial charge in [0, 0.05) is 10.9 Å². The lowest BCUT2D eigenvalue weighted by atomic mass is 9.97. The number of carbonyl (C=O) groups is 1. The molecule has 0 atom stereocenters. The van der Waals surface area contributed by atoms with Gasteiger partial charge in [-0.05, 0) is 29.1 Å². The normalized spacial score (nSPS) is 11.0. The molecule has 4 aromatic rings. The van der Waals surface area contributed by atoms with Gasteiger partial charge in [-0.1, -0.05) is 48.5 Å². The van der Waals surface area contributed by atoms with Crippen LogP contribution in [0.1, 0.15) is 16.2 Å². The average Bonchev–Trinajstić information content (AvgIpc) is 3.26. The topological polar surface area (TPSA) is 76.7 Å². The first-order valence-corrected chi connectivity index (χ1v) is 8.67. The highest BCUT2D eigenvalue weighted by Crippen LogP contribution is 2.35. The minimum Gasteiger partial charge on any atom is -0.481 e. The molecule has 2 heterocycles. The number of nitrogens with one attached hydrogen (secondary N) is 1. The number of hydrogen-bond donors (Lipinski definition) is 1. The van der Waals surface area contributed by atoms with Gasteiger partial charge in [-0.3, -0.25) is 4.79 Å². The van der Waals surface area contributed by atoms with Crippen molar-refractivity contribution in [3.8, 4) is 17.0 Å². The molecule has 0 unspecified atom stereocenters. The van der Waals surface area contributed by atoms with Crippen LogP contribution in [0.5, 0.6) is 5.88 Å². The van der Waals surface area contributed by atoms with Crippen molar-refractivity contribution in [2.75, 3.05) is 7.11 Å². The summed E-state index contributed by atoms with van der Waals surface area (Å²) in [6.07, 6.45) is 2.96. The van der Waals surface area contributed by atoms with Crippen molar-refractivity contribution in [1.82, 2.24) is 10.4 Å². The lowest BCUT2D eigenvalue weighted by Crippen LogP contribution is -2.20. The molecule has 0 fully saturated rings. The second-order valence-electron chi connectivity index (χ2n) is 5.97. The molecular formula is C22H17N3O3.